The Morgan fingerprint density at radius 3 is 2.90 bits per heavy atom. The molecule has 0 saturated carbocycles. The molecule has 104 valence electrons. The van der Waals surface area contributed by atoms with Crippen LogP contribution in [0.2, 0.25) is 0 Å². The number of fused-ring (bicyclic) bond motifs is 1. The predicted molar refractivity (Wildman–Crippen MR) is 82.9 cm³/mol. The molecule has 0 amide bonds. The van der Waals surface area contributed by atoms with Crippen molar-refractivity contribution < 1.29 is 0 Å². The number of hydrogen-bond acceptors (Lipinski definition) is 3. The molecule has 1 N–H and O–H groups in total. The highest BCUT2D eigenvalue weighted by atomic mass is 32.2. The zero-order valence-corrected chi connectivity index (χ0v) is 12.1. The van der Waals surface area contributed by atoms with Gasteiger partial charge in [-0.15, -0.1) is 0 Å². The SMILES string of the molecule is c1ccc2[nH]c(SCCCCCn3cccn3)nc2c1. The van der Waals surface area contributed by atoms with E-state index in [0.29, 0.717) is 0 Å². The number of hydrogen-bond donors (Lipinski definition) is 1. The van der Waals surface area contributed by atoms with Crippen molar-refractivity contribution in [2.75, 3.05) is 5.75 Å². The van der Waals surface area contributed by atoms with Gasteiger partial charge in [-0.1, -0.05) is 30.3 Å². The van der Waals surface area contributed by atoms with Crippen LogP contribution in [0.1, 0.15) is 19.3 Å². The summed E-state index contributed by atoms with van der Waals surface area (Å²) in [5.41, 5.74) is 2.17. The van der Waals surface area contributed by atoms with Crippen LogP contribution in [0.25, 0.3) is 11.0 Å². The highest BCUT2D eigenvalue weighted by Crippen LogP contribution is 2.20. The summed E-state index contributed by atoms with van der Waals surface area (Å²) in [6.07, 6.45) is 7.47. The lowest BCUT2D eigenvalue weighted by Crippen LogP contribution is -1.98. The Morgan fingerprint density at radius 1 is 1.10 bits per heavy atom. The van der Waals surface area contributed by atoms with E-state index in [2.05, 4.69) is 21.1 Å². The molecule has 0 atom stereocenters. The fraction of sp³-hybridized carbons (Fsp3) is 0.333. The summed E-state index contributed by atoms with van der Waals surface area (Å²) < 4.78 is 1.99. The molecule has 0 radical (unpaired) electrons. The third kappa shape index (κ3) is 3.42. The third-order valence-electron chi connectivity index (χ3n) is 3.20. The number of H-pyrrole nitrogens is 1. The number of aryl methyl sites for hydroxylation is 1. The first kappa shape index (κ1) is 13.2. The van der Waals surface area contributed by atoms with Crippen molar-refractivity contribution in [1.82, 2.24) is 19.7 Å². The average Bonchev–Trinajstić information content (AvgIpc) is 3.11. The number of para-hydroxylation sites is 2. The average molecular weight is 286 g/mol. The minimum Gasteiger partial charge on any atom is -0.333 e. The topological polar surface area (TPSA) is 46.5 Å². The predicted octanol–water partition coefficient (Wildman–Crippen LogP) is 3.72. The van der Waals surface area contributed by atoms with Gasteiger partial charge in [-0.2, -0.15) is 5.10 Å². The molecule has 1 aromatic carbocycles. The molecule has 0 fully saturated rings. The first-order chi connectivity index (χ1) is 9.92. The van der Waals surface area contributed by atoms with Crippen LogP contribution in [-0.4, -0.2) is 25.5 Å². The van der Waals surface area contributed by atoms with Crippen molar-refractivity contribution in [3.05, 3.63) is 42.7 Å². The van der Waals surface area contributed by atoms with Gasteiger partial charge in [-0.25, -0.2) is 4.98 Å². The number of thioether (sulfide) groups is 1. The van der Waals surface area contributed by atoms with Gasteiger partial charge in [0, 0.05) is 24.7 Å². The number of imidazole rings is 1. The van der Waals surface area contributed by atoms with Crippen LogP contribution in [0, 0.1) is 0 Å². The summed E-state index contributed by atoms with van der Waals surface area (Å²) in [5, 5.41) is 5.23. The molecule has 5 heteroatoms. The van der Waals surface area contributed by atoms with Crippen LogP contribution in [0.15, 0.2) is 47.9 Å². The highest BCUT2D eigenvalue weighted by molar-refractivity contribution is 7.99. The van der Waals surface area contributed by atoms with Crippen molar-refractivity contribution in [2.45, 2.75) is 31.0 Å². The molecule has 3 aromatic rings. The first-order valence-corrected chi connectivity index (χ1v) is 7.95. The summed E-state index contributed by atoms with van der Waals surface area (Å²) in [6.45, 7) is 1.02. The third-order valence-corrected chi connectivity index (χ3v) is 4.16. The zero-order valence-electron chi connectivity index (χ0n) is 11.3. The van der Waals surface area contributed by atoms with Crippen LogP contribution in [0.5, 0.6) is 0 Å². The Bertz CT molecular complexity index is 612. The van der Waals surface area contributed by atoms with Crippen molar-refractivity contribution in [1.29, 1.82) is 0 Å². The molecule has 0 spiro atoms. The second kappa shape index (κ2) is 6.61. The molecule has 0 bridgehead atoms. The van der Waals surface area contributed by atoms with Gasteiger partial charge < -0.3 is 4.98 Å². The molecule has 0 aliphatic rings. The molecule has 2 heterocycles. The quantitative estimate of drug-likeness (QED) is 0.532. The van der Waals surface area contributed by atoms with Gasteiger partial charge in [0.2, 0.25) is 0 Å². The van der Waals surface area contributed by atoms with E-state index in [1.54, 1.807) is 11.8 Å². The molecule has 20 heavy (non-hydrogen) atoms. The van der Waals surface area contributed by atoms with E-state index < -0.39 is 0 Å². The van der Waals surface area contributed by atoms with Gasteiger partial charge in [-0.3, -0.25) is 4.68 Å². The van der Waals surface area contributed by atoms with Crippen LogP contribution in [0.4, 0.5) is 0 Å². The maximum absolute atomic E-state index is 4.56. The van der Waals surface area contributed by atoms with Crippen molar-refractivity contribution >= 4 is 22.8 Å². The van der Waals surface area contributed by atoms with Gasteiger partial charge in [-0.05, 0) is 31.0 Å². The Labute approximate surface area is 122 Å². The number of nitrogens with one attached hydrogen (secondary N) is 1. The molecule has 0 aliphatic carbocycles. The summed E-state index contributed by atoms with van der Waals surface area (Å²) in [7, 11) is 0. The largest absolute Gasteiger partial charge is 0.333 e. The molecule has 3 rings (SSSR count). The number of benzene rings is 1. The molecule has 0 unspecified atom stereocenters. The summed E-state index contributed by atoms with van der Waals surface area (Å²) in [5.74, 6) is 1.11. The van der Waals surface area contributed by atoms with Crippen molar-refractivity contribution in [3.63, 3.8) is 0 Å². The Morgan fingerprint density at radius 2 is 2.05 bits per heavy atom. The number of nitrogens with zero attached hydrogens (tertiary/aromatic N) is 3. The molecule has 0 saturated heterocycles. The lowest BCUT2D eigenvalue weighted by atomic mass is 10.2. The number of aromatic nitrogens is 4. The molecule has 0 aliphatic heterocycles. The van der Waals surface area contributed by atoms with E-state index in [1.165, 1.54) is 19.3 Å². The minimum absolute atomic E-state index is 1.02. The lowest BCUT2D eigenvalue weighted by molar-refractivity contribution is 0.554. The van der Waals surface area contributed by atoms with E-state index in [-0.39, 0.29) is 0 Å². The van der Waals surface area contributed by atoms with Gasteiger partial charge in [0.25, 0.3) is 0 Å². The lowest BCUT2D eigenvalue weighted by Gasteiger charge is -2.01. The van der Waals surface area contributed by atoms with Crippen LogP contribution in [0.3, 0.4) is 0 Å². The molecular weight excluding hydrogens is 268 g/mol. The smallest absolute Gasteiger partial charge is 0.166 e. The van der Waals surface area contributed by atoms with Gasteiger partial charge in [0.15, 0.2) is 5.16 Å². The minimum atomic E-state index is 1.02. The van der Waals surface area contributed by atoms with Crippen LogP contribution >= 0.6 is 11.8 Å². The normalized spacial score (nSPS) is 11.2. The maximum Gasteiger partial charge on any atom is 0.166 e. The number of rotatable bonds is 7. The van der Waals surface area contributed by atoms with E-state index in [1.807, 2.05) is 41.3 Å². The monoisotopic (exact) mass is 286 g/mol. The summed E-state index contributed by atoms with van der Waals surface area (Å²) in [6, 6.07) is 10.1. The fourth-order valence-electron chi connectivity index (χ4n) is 2.15. The molecule has 4 nitrogen and oxygen atoms in total. The van der Waals surface area contributed by atoms with E-state index >= 15 is 0 Å². The van der Waals surface area contributed by atoms with Gasteiger partial charge in [0.1, 0.15) is 0 Å². The van der Waals surface area contributed by atoms with Crippen LogP contribution in [-0.2, 0) is 6.54 Å². The summed E-state index contributed by atoms with van der Waals surface area (Å²) in [4.78, 5) is 7.91. The Balaban J connectivity index is 1.37. The number of aromatic amines is 1. The van der Waals surface area contributed by atoms with Gasteiger partial charge >= 0.3 is 0 Å². The maximum atomic E-state index is 4.56. The summed E-state index contributed by atoms with van der Waals surface area (Å²) >= 11 is 1.80. The van der Waals surface area contributed by atoms with Crippen molar-refractivity contribution in [2.24, 2.45) is 0 Å². The number of unbranched alkanes of at least 4 members (excludes halogenated alkanes) is 2. The Hall–Kier alpha value is -1.75. The van der Waals surface area contributed by atoms with E-state index in [9.17, 15) is 0 Å². The first-order valence-electron chi connectivity index (χ1n) is 6.97. The highest BCUT2D eigenvalue weighted by Gasteiger charge is 2.02. The Kier molecular flexibility index (Phi) is 4.38. The zero-order chi connectivity index (χ0) is 13.6. The molecule has 2 aromatic heterocycles. The molecular formula is C15H18N4S. The van der Waals surface area contributed by atoms with Crippen molar-refractivity contribution in [3.8, 4) is 0 Å². The van der Waals surface area contributed by atoms with Crippen LogP contribution < -0.4 is 0 Å². The van der Waals surface area contributed by atoms with E-state index in [0.717, 1.165) is 28.5 Å². The second-order valence-corrected chi connectivity index (χ2v) is 5.82. The second-order valence-electron chi connectivity index (χ2n) is 4.74. The van der Waals surface area contributed by atoms with E-state index in [4.69, 9.17) is 0 Å². The fourth-order valence-corrected chi connectivity index (χ4v) is 3.04. The van der Waals surface area contributed by atoms with Gasteiger partial charge in [0.05, 0.1) is 11.0 Å². The standard InChI is InChI=1S/C15H18N4S/c1(4-10-19-11-6-9-16-19)5-12-20-15-17-13-7-2-3-8-14(13)18-15/h2-3,6-9,11H,1,4-5,10,12H2,(H,17,18).